The minimum absolute atomic E-state index is 0.0191. The molecule has 3 heterocycles. The van der Waals surface area contributed by atoms with Gasteiger partial charge in [0.1, 0.15) is 12.1 Å². The van der Waals surface area contributed by atoms with Gasteiger partial charge in [0.2, 0.25) is 0 Å². The van der Waals surface area contributed by atoms with E-state index in [4.69, 9.17) is 4.74 Å². The SMILES string of the molecule is CC1(C)[C@H](NC(=O)NCc2cccnc2-n2ccnc2)[C@@H]2CCO[C@@H]21. The molecule has 1 saturated carbocycles. The van der Waals surface area contributed by atoms with Gasteiger partial charge in [-0.05, 0) is 12.5 Å². The molecule has 1 aliphatic heterocycles. The predicted octanol–water partition coefficient (Wildman–Crippen LogP) is 1.88. The van der Waals surface area contributed by atoms with Crippen LogP contribution in [0, 0.1) is 11.3 Å². The maximum atomic E-state index is 12.4. The van der Waals surface area contributed by atoms with E-state index in [0.29, 0.717) is 12.5 Å². The van der Waals surface area contributed by atoms with Gasteiger partial charge >= 0.3 is 6.03 Å². The first kappa shape index (κ1) is 16.1. The van der Waals surface area contributed by atoms with Crippen LogP contribution in [0.3, 0.4) is 0 Å². The van der Waals surface area contributed by atoms with Gasteiger partial charge in [-0.2, -0.15) is 0 Å². The average Bonchev–Trinajstić information content (AvgIpc) is 3.28. The van der Waals surface area contributed by atoms with Gasteiger partial charge in [-0.25, -0.2) is 14.8 Å². The Kier molecular flexibility index (Phi) is 3.95. The summed E-state index contributed by atoms with van der Waals surface area (Å²) in [5, 5.41) is 6.09. The Labute approximate surface area is 146 Å². The third-order valence-electron chi connectivity index (χ3n) is 5.44. The number of rotatable bonds is 4. The monoisotopic (exact) mass is 341 g/mol. The molecule has 2 N–H and O–H groups in total. The van der Waals surface area contributed by atoms with Crippen molar-refractivity contribution in [1.29, 1.82) is 0 Å². The van der Waals surface area contributed by atoms with Crippen LogP contribution in [0.5, 0.6) is 0 Å². The lowest BCUT2D eigenvalue weighted by molar-refractivity contribution is -0.108. The van der Waals surface area contributed by atoms with E-state index in [2.05, 4.69) is 34.4 Å². The lowest BCUT2D eigenvalue weighted by atomic mass is 9.57. The molecule has 0 bridgehead atoms. The molecule has 2 fully saturated rings. The van der Waals surface area contributed by atoms with E-state index in [-0.39, 0.29) is 23.6 Å². The molecule has 2 aromatic heterocycles. The number of nitrogens with zero attached hydrogens (tertiary/aromatic N) is 3. The number of nitrogens with one attached hydrogen (secondary N) is 2. The summed E-state index contributed by atoms with van der Waals surface area (Å²) in [5.41, 5.74) is 0.917. The Bertz CT molecular complexity index is 759. The molecule has 3 atom stereocenters. The number of aromatic nitrogens is 3. The number of pyridine rings is 1. The first-order valence-corrected chi connectivity index (χ1v) is 8.65. The summed E-state index contributed by atoms with van der Waals surface area (Å²) in [5.74, 6) is 1.20. The van der Waals surface area contributed by atoms with E-state index in [9.17, 15) is 4.79 Å². The number of hydrogen-bond acceptors (Lipinski definition) is 4. The number of urea groups is 1. The van der Waals surface area contributed by atoms with Gasteiger partial charge in [0.15, 0.2) is 0 Å². The van der Waals surface area contributed by atoms with Gasteiger partial charge in [-0.15, -0.1) is 0 Å². The molecule has 132 valence electrons. The second kappa shape index (κ2) is 6.15. The molecule has 2 amide bonds. The Hall–Kier alpha value is -2.41. The van der Waals surface area contributed by atoms with Crippen LogP contribution in [-0.4, -0.2) is 39.3 Å². The second-order valence-corrected chi connectivity index (χ2v) is 7.33. The van der Waals surface area contributed by atoms with Crippen molar-refractivity contribution in [2.75, 3.05) is 6.61 Å². The van der Waals surface area contributed by atoms with Gasteiger partial charge in [0.05, 0.1) is 6.10 Å². The van der Waals surface area contributed by atoms with Crippen molar-refractivity contribution in [2.45, 2.75) is 39.0 Å². The van der Waals surface area contributed by atoms with Crippen molar-refractivity contribution in [2.24, 2.45) is 11.3 Å². The molecular formula is C18H23N5O2. The van der Waals surface area contributed by atoms with E-state index < -0.39 is 0 Å². The zero-order valence-electron chi connectivity index (χ0n) is 14.5. The van der Waals surface area contributed by atoms with Crippen molar-refractivity contribution in [3.63, 3.8) is 0 Å². The summed E-state index contributed by atoms with van der Waals surface area (Å²) < 4.78 is 7.61. The Balaban J connectivity index is 1.39. The zero-order valence-corrected chi connectivity index (χ0v) is 14.5. The molecule has 4 rings (SSSR count). The van der Waals surface area contributed by atoms with Crippen LogP contribution < -0.4 is 10.6 Å². The van der Waals surface area contributed by atoms with E-state index in [1.165, 1.54) is 0 Å². The first-order valence-electron chi connectivity index (χ1n) is 8.65. The van der Waals surface area contributed by atoms with Gasteiger partial charge < -0.3 is 15.4 Å². The number of carbonyl (C=O) groups is 1. The minimum Gasteiger partial charge on any atom is -0.377 e. The molecule has 7 nitrogen and oxygen atoms in total. The number of amides is 2. The van der Waals surface area contributed by atoms with E-state index in [0.717, 1.165) is 24.4 Å². The Morgan fingerprint density at radius 2 is 2.32 bits per heavy atom. The molecule has 25 heavy (non-hydrogen) atoms. The Morgan fingerprint density at radius 1 is 1.44 bits per heavy atom. The highest BCUT2D eigenvalue weighted by Gasteiger charge is 2.59. The van der Waals surface area contributed by atoms with Gasteiger partial charge in [0.25, 0.3) is 0 Å². The number of hydrogen-bond donors (Lipinski definition) is 2. The fraction of sp³-hybridized carbons (Fsp3) is 0.500. The van der Waals surface area contributed by atoms with Crippen molar-refractivity contribution in [3.8, 4) is 5.82 Å². The third kappa shape index (κ3) is 2.78. The van der Waals surface area contributed by atoms with Gasteiger partial charge in [-0.1, -0.05) is 19.9 Å². The van der Waals surface area contributed by atoms with Gasteiger partial charge in [0, 0.05) is 54.7 Å². The molecule has 2 aliphatic rings. The lowest BCUT2D eigenvalue weighted by Gasteiger charge is -2.54. The number of imidazole rings is 1. The summed E-state index contributed by atoms with van der Waals surface area (Å²) >= 11 is 0. The van der Waals surface area contributed by atoms with E-state index >= 15 is 0 Å². The average molecular weight is 341 g/mol. The van der Waals surface area contributed by atoms with Crippen LogP contribution >= 0.6 is 0 Å². The Morgan fingerprint density at radius 3 is 3.12 bits per heavy atom. The van der Waals surface area contributed by atoms with Crippen molar-refractivity contribution in [1.82, 2.24) is 25.2 Å². The van der Waals surface area contributed by atoms with Crippen LogP contribution in [0.2, 0.25) is 0 Å². The fourth-order valence-electron chi connectivity index (χ4n) is 4.17. The molecule has 1 saturated heterocycles. The normalized spacial score (nSPS) is 26.6. The molecule has 0 aromatic carbocycles. The number of ether oxygens (including phenoxy) is 1. The summed E-state index contributed by atoms with van der Waals surface area (Å²) in [6.45, 7) is 5.51. The van der Waals surface area contributed by atoms with E-state index in [1.54, 1.807) is 18.7 Å². The standard InChI is InChI=1S/C18H23N5O2/c1-18(2)14(13-5-9-25-15(13)18)22-17(24)21-10-12-4-3-6-20-16(12)23-8-7-19-11-23/h3-4,6-8,11,13-15H,5,9-10H2,1-2H3,(H2,21,22,24)/t13-,14+,15-/m0/s1. The van der Waals surface area contributed by atoms with Crippen molar-refractivity contribution in [3.05, 3.63) is 42.6 Å². The molecular weight excluding hydrogens is 318 g/mol. The van der Waals surface area contributed by atoms with Crippen LogP contribution in [0.4, 0.5) is 4.79 Å². The topological polar surface area (TPSA) is 81.1 Å². The second-order valence-electron chi connectivity index (χ2n) is 7.33. The van der Waals surface area contributed by atoms with Crippen molar-refractivity contribution >= 4 is 6.03 Å². The summed E-state index contributed by atoms with van der Waals surface area (Å²) in [6, 6.07) is 3.83. The molecule has 0 unspecified atom stereocenters. The summed E-state index contributed by atoms with van der Waals surface area (Å²) in [7, 11) is 0. The molecule has 0 spiro atoms. The van der Waals surface area contributed by atoms with Gasteiger partial charge in [-0.3, -0.25) is 4.57 Å². The van der Waals surface area contributed by atoms with Crippen LogP contribution in [0.25, 0.3) is 5.82 Å². The number of fused-ring (bicyclic) bond motifs is 1. The smallest absolute Gasteiger partial charge is 0.315 e. The highest BCUT2D eigenvalue weighted by molar-refractivity contribution is 5.74. The predicted molar refractivity (Wildman–Crippen MR) is 92.1 cm³/mol. The highest BCUT2D eigenvalue weighted by Crippen LogP contribution is 2.52. The summed E-state index contributed by atoms with van der Waals surface area (Å²) in [4.78, 5) is 20.8. The summed E-state index contributed by atoms with van der Waals surface area (Å²) in [6.07, 6.45) is 8.26. The van der Waals surface area contributed by atoms with Crippen molar-refractivity contribution < 1.29 is 9.53 Å². The van der Waals surface area contributed by atoms with Crippen LogP contribution in [-0.2, 0) is 11.3 Å². The fourth-order valence-corrected chi connectivity index (χ4v) is 4.17. The third-order valence-corrected chi connectivity index (χ3v) is 5.44. The maximum Gasteiger partial charge on any atom is 0.315 e. The minimum atomic E-state index is -0.149. The molecule has 7 heteroatoms. The maximum absolute atomic E-state index is 12.4. The molecule has 0 radical (unpaired) electrons. The largest absolute Gasteiger partial charge is 0.377 e. The quantitative estimate of drug-likeness (QED) is 0.890. The lowest BCUT2D eigenvalue weighted by Crippen LogP contribution is -2.67. The van der Waals surface area contributed by atoms with Crippen LogP contribution in [0.15, 0.2) is 37.1 Å². The van der Waals surface area contributed by atoms with Crippen LogP contribution in [0.1, 0.15) is 25.8 Å². The number of carbonyl (C=O) groups excluding carboxylic acids is 1. The molecule has 1 aliphatic carbocycles. The van der Waals surface area contributed by atoms with E-state index in [1.807, 2.05) is 22.9 Å². The molecule has 2 aromatic rings. The zero-order chi connectivity index (χ0) is 17.4. The first-order chi connectivity index (χ1) is 12.1. The highest BCUT2D eigenvalue weighted by atomic mass is 16.5.